The van der Waals surface area contributed by atoms with Crippen LogP contribution in [0.5, 0.6) is 0 Å². The van der Waals surface area contributed by atoms with Crippen LogP contribution in [-0.4, -0.2) is 7.63 Å². The van der Waals surface area contributed by atoms with E-state index in [1.54, 1.807) is 0 Å². The molecule has 0 saturated carbocycles. The maximum absolute atomic E-state index is 3.30. The van der Waals surface area contributed by atoms with Crippen LogP contribution in [0.1, 0.15) is 22.3 Å². The minimum absolute atomic E-state index is 0. The molecule has 0 aliphatic heterocycles. The summed E-state index contributed by atoms with van der Waals surface area (Å²) >= 11 is 2.03. The Morgan fingerprint density at radius 2 is 0.875 bits per heavy atom. The summed E-state index contributed by atoms with van der Waals surface area (Å²) in [4.78, 5) is 0. The van der Waals surface area contributed by atoms with Crippen molar-refractivity contribution in [3.63, 3.8) is 0 Å². The normalized spacial score (nSPS) is 10.1. The quantitative estimate of drug-likeness (QED) is 0.153. The molecule has 0 N–H and O–H groups in total. The van der Waals surface area contributed by atoms with Crippen LogP contribution in [-0.2, 0) is 32.0 Å². The van der Waals surface area contributed by atoms with E-state index >= 15 is 0 Å². The molecule has 32 heavy (non-hydrogen) atoms. The van der Waals surface area contributed by atoms with Gasteiger partial charge < -0.3 is 14.9 Å². The molecule has 4 aromatic rings. The van der Waals surface area contributed by atoms with Crippen molar-refractivity contribution in [1.82, 2.24) is 0 Å². The van der Waals surface area contributed by atoms with Gasteiger partial charge in [-0.25, -0.2) is 0 Å². The Morgan fingerprint density at radius 3 is 1.28 bits per heavy atom. The molecule has 0 fully saturated rings. The molecule has 2 aliphatic rings. The van der Waals surface area contributed by atoms with Gasteiger partial charge in [-0.3, -0.25) is 0 Å². The Kier molecular flexibility index (Phi) is 13.8. The van der Waals surface area contributed by atoms with E-state index in [0.717, 1.165) is 12.8 Å². The Bertz CT molecular complexity index is 951. The van der Waals surface area contributed by atoms with Crippen LogP contribution in [0.3, 0.4) is 0 Å². The molecule has 4 heteroatoms. The van der Waals surface area contributed by atoms with Crippen molar-refractivity contribution in [3.8, 4) is 22.3 Å². The molecule has 6 rings (SSSR count). The fourth-order valence-corrected chi connectivity index (χ4v) is 4.00. The number of fused-ring (bicyclic) bond motifs is 6. The number of hydrogen-bond acceptors (Lipinski definition) is 0. The third-order valence-electron chi connectivity index (χ3n) is 5.23. The van der Waals surface area contributed by atoms with Gasteiger partial charge >= 0.3 is 26.8 Å². The fourth-order valence-electron chi connectivity index (χ4n) is 4.00. The Morgan fingerprint density at radius 1 is 0.531 bits per heavy atom. The molecule has 0 saturated heterocycles. The molecule has 0 atom stereocenters. The molecule has 0 nitrogen and oxygen atoms in total. The molecule has 0 spiro atoms. The summed E-state index contributed by atoms with van der Waals surface area (Å²) in [6.45, 7) is 0. The van der Waals surface area contributed by atoms with Crippen LogP contribution in [0.2, 0.25) is 0 Å². The summed E-state index contributed by atoms with van der Waals surface area (Å²) in [5.41, 5.74) is 11.0. The first-order chi connectivity index (χ1) is 13.9. The largest absolute Gasteiger partial charge is 0.179 e. The van der Waals surface area contributed by atoms with Gasteiger partial charge in [0, 0.05) is 0 Å². The Balaban J connectivity index is 0.000000500. The fraction of sp³-hybridized carbons (Fsp3) is 0.0714. The minimum Gasteiger partial charge on any atom is -0.179 e. The number of hydrogen-bond donors (Lipinski definition) is 0. The number of benzene rings is 4. The summed E-state index contributed by atoms with van der Waals surface area (Å²) in [6.07, 6.45) is 2.10. The first-order valence-electron chi connectivity index (χ1n) is 9.41. The second-order valence-electron chi connectivity index (χ2n) is 6.79. The van der Waals surface area contributed by atoms with Gasteiger partial charge in [0.2, 0.25) is 0 Å². The first kappa shape index (κ1) is 30.4. The van der Waals surface area contributed by atoms with E-state index in [1.807, 2.05) is 38.9 Å². The van der Waals surface area contributed by atoms with Crippen LogP contribution in [0, 0.1) is 27.0 Å². The molecule has 0 amide bonds. The average molecular weight is 511 g/mol. The third-order valence-corrected chi connectivity index (χ3v) is 5.23. The van der Waals surface area contributed by atoms with E-state index in [9.17, 15) is 0 Å². The van der Waals surface area contributed by atoms with Gasteiger partial charge in [0.05, 0.1) is 0 Å². The molecule has 166 valence electrons. The van der Waals surface area contributed by atoms with Crippen molar-refractivity contribution >= 4 is 32.4 Å². The van der Waals surface area contributed by atoms with Gasteiger partial charge in [0.15, 0.2) is 0 Å². The molecule has 0 aromatic heterocycles. The predicted octanol–water partition coefficient (Wildman–Crippen LogP) is 6.94. The molecular formula is C28H28Cl2SiTi-4. The molecule has 0 bridgehead atoms. The zero-order chi connectivity index (χ0) is 19.3. The van der Waals surface area contributed by atoms with Crippen LogP contribution < -0.4 is 0 Å². The summed E-state index contributed by atoms with van der Waals surface area (Å²) in [7, 11) is 1.86. The summed E-state index contributed by atoms with van der Waals surface area (Å²) < 4.78 is 0. The molecule has 0 unspecified atom stereocenters. The zero-order valence-corrected chi connectivity index (χ0v) is 23.1. The van der Waals surface area contributed by atoms with E-state index < -0.39 is 0 Å². The van der Waals surface area contributed by atoms with Gasteiger partial charge in [-0.05, 0) is 12.8 Å². The topological polar surface area (TPSA) is 0 Å². The van der Waals surface area contributed by atoms with Crippen molar-refractivity contribution in [2.24, 2.45) is 0 Å². The van der Waals surface area contributed by atoms with Crippen molar-refractivity contribution in [2.75, 3.05) is 0 Å². The van der Waals surface area contributed by atoms with Gasteiger partial charge in [-0.2, -0.15) is 59.7 Å². The van der Waals surface area contributed by atoms with Gasteiger partial charge in [-0.1, -0.05) is 70.8 Å². The van der Waals surface area contributed by atoms with E-state index in [4.69, 9.17) is 0 Å². The Labute approximate surface area is 219 Å². The summed E-state index contributed by atoms with van der Waals surface area (Å²) in [5, 5.41) is 0. The molecule has 4 aromatic carbocycles. The van der Waals surface area contributed by atoms with Gasteiger partial charge in [-0.15, -0.1) is 35.9 Å². The average Bonchev–Trinajstić information content (AvgIpc) is 3.34. The number of rotatable bonds is 0. The van der Waals surface area contributed by atoms with Gasteiger partial charge in [0.25, 0.3) is 0 Å². The van der Waals surface area contributed by atoms with Crippen LogP contribution in [0.15, 0.2) is 84.9 Å². The zero-order valence-electron chi connectivity index (χ0n) is 18.5. The third kappa shape index (κ3) is 6.25. The molecule has 2 aliphatic carbocycles. The summed E-state index contributed by atoms with van der Waals surface area (Å²) in [6, 6.07) is 36.2. The van der Waals surface area contributed by atoms with E-state index in [1.165, 1.54) is 44.5 Å². The SMILES string of the molecule is Cl.Cl.[CH3-].[CH3-].[SiH2]=[Ti].[c-]1cccc2c1Cc1ccccc1-2.[c-]1cccc2c1Cc1ccccc1-2. The smallest absolute Gasteiger partial charge is 0.0253 e. The second kappa shape index (κ2) is 14.5. The van der Waals surface area contributed by atoms with Crippen LogP contribution in [0.4, 0.5) is 0 Å². The minimum atomic E-state index is 0. The van der Waals surface area contributed by atoms with Crippen LogP contribution >= 0.6 is 24.8 Å². The number of halogens is 2. The van der Waals surface area contributed by atoms with E-state index in [0.29, 0.717) is 0 Å². The predicted molar refractivity (Wildman–Crippen MR) is 143 cm³/mol. The summed E-state index contributed by atoms with van der Waals surface area (Å²) in [5.74, 6) is 0. The monoisotopic (exact) mass is 510 g/mol. The molecule has 0 radical (unpaired) electrons. The van der Waals surface area contributed by atoms with Crippen LogP contribution in [0.25, 0.3) is 22.3 Å². The molecule has 0 heterocycles. The first-order valence-corrected chi connectivity index (χ1v) is 13.4. The maximum atomic E-state index is 3.30. The molecular weight excluding hydrogens is 483 g/mol. The van der Waals surface area contributed by atoms with E-state index in [-0.39, 0.29) is 39.7 Å². The second-order valence-corrected chi connectivity index (χ2v) is 6.79. The van der Waals surface area contributed by atoms with Crippen molar-refractivity contribution in [3.05, 3.63) is 134 Å². The standard InChI is InChI=1S/2C13H9.2CH3.2ClH.H2Si.Ti/c2*1-3-7-12-10(5-1)9-11-6-2-4-8-13(11)12;;;;;;/h2*1-5,7-8H,9H2;2*1H3;2*1H;1H2;/q4*-1;;;;. The van der Waals surface area contributed by atoms with Crippen molar-refractivity contribution in [1.29, 1.82) is 0 Å². The van der Waals surface area contributed by atoms with Gasteiger partial charge in [0.1, 0.15) is 0 Å². The maximum Gasteiger partial charge on any atom is -0.0253 e. The van der Waals surface area contributed by atoms with E-state index in [2.05, 4.69) is 84.9 Å². The van der Waals surface area contributed by atoms with Crippen molar-refractivity contribution < 1.29 is 19.2 Å². The van der Waals surface area contributed by atoms with Crippen molar-refractivity contribution in [2.45, 2.75) is 12.8 Å². The Hall–Kier alpha value is -1.61.